The first-order chi connectivity index (χ1) is 8.08. The van der Waals surface area contributed by atoms with Crippen LogP contribution in [0.4, 0.5) is 0 Å². The van der Waals surface area contributed by atoms with E-state index in [2.05, 4.69) is 9.97 Å². The van der Waals surface area contributed by atoms with Crippen LogP contribution in [0.15, 0.2) is 29.3 Å². The molecule has 0 aliphatic carbocycles. The van der Waals surface area contributed by atoms with Crippen LogP contribution in [-0.2, 0) is 6.54 Å². The topological polar surface area (TPSA) is 47.8 Å². The van der Waals surface area contributed by atoms with Gasteiger partial charge < -0.3 is 0 Å². The molecule has 0 unspecified atom stereocenters. The zero-order valence-electron chi connectivity index (χ0n) is 9.02. The van der Waals surface area contributed by atoms with E-state index in [1.807, 2.05) is 0 Å². The number of aromatic nitrogens is 3. The average molecular weight is 270 g/mol. The smallest absolute Gasteiger partial charge is 0.255 e. The first-order valence-corrected chi connectivity index (χ1v) is 5.66. The van der Waals surface area contributed by atoms with Crippen LogP contribution in [0.5, 0.6) is 0 Å². The Hall–Kier alpha value is -1.39. The van der Waals surface area contributed by atoms with E-state index in [0.29, 0.717) is 17.4 Å². The van der Waals surface area contributed by atoms with Crippen molar-refractivity contribution >= 4 is 23.2 Å². The van der Waals surface area contributed by atoms with Gasteiger partial charge in [-0.25, -0.2) is 4.98 Å². The quantitative estimate of drug-likeness (QED) is 0.787. The first-order valence-electron chi connectivity index (χ1n) is 4.90. The van der Waals surface area contributed by atoms with E-state index < -0.39 is 0 Å². The van der Waals surface area contributed by atoms with Gasteiger partial charge >= 0.3 is 0 Å². The van der Waals surface area contributed by atoms with Crippen LogP contribution in [0, 0.1) is 6.92 Å². The van der Waals surface area contributed by atoms with E-state index in [1.54, 1.807) is 25.4 Å². The Kier molecular flexibility index (Phi) is 3.45. The highest BCUT2D eigenvalue weighted by molar-refractivity contribution is 6.31. The van der Waals surface area contributed by atoms with Crippen molar-refractivity contribution in [3.63, 3.8) is 0 Å². The van der Waals surface area contributed by atoms with Gasteiger partial charge in [-0.3, -0.25) is 14.3 Å². The highest BCUT2D eigenvalue weighted by atomic mass is 35.5. The Labute approximate surface area is 108 Å². The highest BCUT2D eigenvalue weighted by Gasteiger charge is 2.07. The van der Waals surface area contributed by atoms with Gasteiger partial charge in [-0.15, -0.1) is 0 Å². The molecule has 17 heavy (non-hydrogen) atoms. The summed E-state index contributed by atoms with van der Waals surface area (Å²) in [5.74, 6) is 0.551. The van der Waals surface area contributed by atoms with Crippen LogP contribution in [0.1, 0.15) is 11.4 Å². The molecule has 0 aliphatic rings. The maximum atomic E-state index is 11.8. The van der Waals surface area contributed by atoms with Crippen LogP contribution in [0.3, 0.4) is 0 Å². The molecule has 2 heterocycles. The van der Waals surface area contributed by atoms with Gasteiger partial charge in [0.15, 0.2) is 0 Å². The Bertz CT molecular complexity index is 610. The molecule has 2 rings (SSSR count). The Morgan fingerprint density at radius 1 is 1.41 bits per heavy atom. The van der Waals surface area contributed by atoms with Gasteiger partial charge in [0.1, 0.15) is 11.0 Å². The second-order valence-electron chi connectivity index (χ2n) is 3.52. The van der Waals surface area contributed by atoms with Crippen molar-refractivity contribution in [2.75, 3.05) is 0 Å². The molecule has 0 radical (unpaired) electrons. The maximum Gasteiger partial charge on any atom is 0.255 e. The molecule has 0 saturated carbocycles. The molecule has 0 bridgehead atoms. The lowest BCUT2D eigenvalue weighted by atomic mass is 10.2. The van der Waals surface area contributed by atoms with Crippen molar-refractivity contribution in [2.24, 2.45) is 0 Å². The van der Waals surface area contributed by atoms with Crippen molar-refractivity contribution < 1.29 is 0 Å². The number of aryl methyl sites for hydroxylation is 1. The highest BCUT2D eigenvalue weighted by Crippen LogP contribution is 2.14. The lowest BCUT2D eigenvalue weighted by molar-refractivity contribution is 0.700. The average Bonchev–Trinajstić information content (AvgIpc) is 2.25. The maximum absolute atomic E-state index is 11.8. The molecule has 2 aromatic rings. The van der Waals surface area contributed by atoms with E-state index in [4.69, 9.17) is 23.2 Å². The standard InChI is InChI=1S/C11H9Cl2N3O/c1-7-15-10(13)4-11(17)16(7)6-8-2-3-14-5-9(8)12/h2-5H,6H2,1H3. The van der Waals surface area contributed by atoms with E-state index in [0.717, 1.165) is 5.56 Å². The van der Waals surface area contributed by atoms with Crippen LogP contribution < -0.4 is 5.56 Å². The van der Waals surface area contributed by atoms with Crippen molar-refractivity contribution in [3.8, 4) is 0 Å². The van der Waals surface area contributed by atoms with E-state index in [-0.39, 0.29) is 10.7 Å². The largest absolute Gasteiger partial charge is 0.292 e. The van der Waals surface area contributed by atoms with Gasteiger partial charge in [-0.05, 0) is 18.6 Å². The first kappa shape index (κ1) is 12.1. The summed E-state index contributed by atoms with van der Waals surface area (Å²) >= 11 is 11.7. The number of hydrogen-bond donors (Lipinski definition) is 0. The number of rotatable bonds is 2. The van der Waals surface area contributed by atoms with Gasteiger partial charge in [-0.2, -0.15) is 0 Å². The zero-order valence-corrected chi connectivity index (χ0v) is 10.5. The Morgan fingerprint density at radius 3 is 2.82 bits per heavy atom. The van der Waals surface area contributed by atoms with E-state index in [9.17, 15) is 4.79 Å². The fourth-order valence-corrected chi connectivity index (χ4v) is 1.88. The van der Waals surface area contributed by atoms with E-state index >= 15 is 0 Å². The molecule has 0 atom stereocenters. The number of halogens is 2. The normalized spacial score (nSPS) is 10.5. The predicted molar refractivity (Wildman–Crippen MR) is 66.6 cm³/mol. The minimum absolute atomic E-state index is 0.199. The molecule has 0 saturated heterocycles. The van der Waals surface area contributed by atoms with Crippen LogP contribution >= 0.6 is 23.2 Å². The number of pyridine rings is 1. The number of nitrogens with zero attached hydrogens (tertiary/aromatic N) is 3. The molecule has 0 aliphatic heterocycles. The van der Waals surface area contributed by atoms with Crippen molar-refractivity contribution in [1.82, 2.24) is 14.5 Å². The molecule has 0 fully saturated rings. The third kappa shape index (κ3) is 2.65. The molecular weight excluding hydrogens is 261 g/mol. The molecule has 6 heteroatoms. The molecular formula is C11H9Cl2N3O. The SMILES string of the molecule is Cc1nc(Cl)cc(=O)n1Cc1ccncc1Cl. The zero-order chi connectivity index (χ0) is 12.4. The minimum Gasteiger partial charge on any atom is -0.292 e. The Morgan fingerprint density at radius 2 is 2.18 bits per heavy atom. The molecule has 4 nitrogen and oxygen atoms in total. The van der Waals surface area contributed by atoms with Crippen molar-refractivity contribution in [3.05, 3.63) is 56.4 Å². The molecule has 0 aromatic carbocycles. The van der Waals surface area contributed by atoms with Crippen molar-refractivity contribution in [2.45, 2.75) is 13.5 Å². The molecule has 0 amide bonds. The van der Waals surface area contributed by atoms with E-state index in [1.165, 1.54) is 10.6 Å². The summed E-state index contributed by atoms with van der Waals surface area (Å²) in [6.45, 7) is 2.08. The van der Waals surface area contributed by atoms with Gasteiger partial charge in [0, 0.05) is 18.5 Å². The van der Waals surface area contributed by atoms with Gasteiger partial charge in [0.25, 0.3) is 5.56 Å². The molecule has 88 valence electrons. The van der Waals surface area contributed by atoms with Crippen LogP contribution in [0.25, 0.3) is 0 Å². The van der Waals surface area contributed by atoms with Crippen molar-refractivity contribution in [1.29, 1.82) is 0 Å². The summed E-state index contributed by atoms with van der Waals surface area (Å²) in [5, 5.41) is 0.721. The minimum atomic E-state index is -0.199. The summed E-state index contributed by atoms with van der Waals surface area (Å²) in [6.07, 6.45) is 3.17. The summed E-state index contributed by atoms with van der Waals surface area (Å²) in [7, 11) is 0. The molecule has 0 N–H and O–H groups in total. The predicted octanol–water partition coefficient (Wildman–Crippen LogP) is 2.30. The fraction of sp³-hybridized carbons (Fsp3) is 0.182. The van der Waals surface area contributed by atoms with Crippen LogP contribution in [-0.4, -0.2) is 14.5 Å². The van der Waals surface area contributed by atoms with Gasteiger partial charge in [0.2, 0.25) is 0 Å². The lowest BCUT2D eigenvalue weighted by Crippen LogP contribution is -2.23. The lowest BCUT2D eigenvalue weighted by Gasteiger charge is -2.09. The fourth-order valence-electron chi connectivity index (χ4n) is 1.48. The monoisotopic (exact) mass is 269 g/mol. The second kappa shape index (κ2) is 4.85. The molecule has 2 aromatic heterocycles. The van der Waals surface area contributed by atoms with Gasteiger partial charge in [0.05, 0.1) is 11.6 Å². The third-order valence-corrected chi connectivity index (χ3v) is 2.89. The van der Waals surface area contributed by atoms with Gasteiger partial charge in [-0.1, -0.05) is 23.2 Å². The second-order valence-corrected chi connectivity index (χ2v) is 4.31. The number of hydrogen-bond acceptors (Lipinski definition) is 3. The molecule has 0 spiro atoms. The summed E-state index contributed by atoms with van der Waals surface area (Å²) < 4.78 is 1.51. The Balaban J connectivity index is 2.44. The summed E-state index contributed by atoms with van der Waals surface area (Å²) in [5.41, 5.74) is 0.617. The third-order valence-electron chi connectivity index (χ3n) is 2.35. The summed E-state index contributed by atoms with van der Waals surface area (Å²) in [6, 6.07) is 3.05. The van der Waals surface area contributed by atoms with Crippen LogP contribution in [0.2, 0.25) is 10.2 Å². The summed E-state index contributed by atoms with van der Waals surface area (Å²) in [4.78, 5) is 19.7.